The molecule has 2 heterocycles. The summed E-state index contributed by atoms with van der Waals surface area (Å²) in [4.78, 5) is 1.80. The quantitative estimate of drug-likeness (QED) is 0.892. The highest BCUT2D eigenvalue weighted by Crippen LogP contribution is 2.34. The van der Waals surface area contributed by atoms with Gasteiger partial charge in [0.2, 0.25) is 0 Å². The van der Waals surface area contributed by atoms with Gasteiger partial charge in [-0.3, -0.25) is 0 Å². The standard InChI is InChI=1S/C16H18ClN3O3/c1-10-6-11(17)7-14(22)16(10)13-2-3-15(19-18-13)20-4-5-23-12(8-20)9-21/h2-3,6-7,12,21-22H,4-5,8-9H2,1H3/t12-/m0/s1/i9D2. The molecule has 1 aromatic carbocycles. The molecule has 1 aliphatic rings. The predicted molar refractivity (Wildman–Crippen MR) is 87.9 cm³/mol. The van der Waals surface area contributed by atoms with Crippen LogP contribution >= 0.6 is 11.6 Å². The molecule has 2 aromatic rings. The molecule has 23 heavy (non-hydrogen) atoms. The highest BCUT2D eigenvalue weighted by atomic mass is 35.5. The smallest absolute Gasteiger partial charge is 0.151 e. The summed E-state index contributed by atoms with van der Waals surface area (Å²) in [7, 11) is 0. The normalized spacial score (nSPS) is 20.1. The van der Waals surface area contributed by atoms with Gasteiger partial charge in [0.1, 0.15) is 5.75 Å². The Kier molecular flexibility index (Phi) is 3.94. The molecule has 1 aromatic heterocycles. The number of hydrogen-bond acceptors (Lipinski definition) is 6. The van der Waals surface area contributed by atoms with Gasteiger partial charge >= 0.3 is 0 Å². The molecule has 0 aliphatic carbocycles. The van der Waals surface area contributed by atoms with Crippen molar-refractivity contribution in [1.82, 2.24) is 10.2 Å². The van der Waals surface area contributed by atoms with Crippen LogP contribution < -0.4 is 4.90 Å². The number of rotatable bonds is 3. The Hall–Kier alpha value is -1.89. The first-order valence-electron chi connectivity index (χ1n) is 8.18. The minimum atomic E-state index is -2.42. The van der Waals surface area contributed by atoms with Crippen LogP contribution in [-0.4, -0.2) is 52.8 Å². The van der Waals surface area contributed by atoms with Gasteiger partial charge in [0.25, 0.3) is 0 Å². The molecule has 1 fully saturated rings. The first-order valence-corrected chi connectivity index (χ1v) is 7.55. The number of morpholine rings is 1. The maximum absolute atomic E-state index is 10.1. The van der Waals surface area contributed by atoms with E-state index in [0.29, 0.717) is 28.6 Å². The average Bonchev–Trinajstić information content (AvgIpc) is 2.54. The van der Waals surface area contributed by atoms with Crippen LogP contribution in [0.2, 0.25) is 5.02 Å². The van der Waals surface area contributed by atoms with E-state index in [1.54, 1.807) is 23.1 Å². The van der Waals surface area contributed by atoms with E-state index in [1.807, 2.05) is 6.92 Å². The summed E-state index contributed by atoms with van der Waals surface area (Å²) in [6.07, 6.45) is -0.953. The second-order valence-electron chi connectivity index (χ2n) is 5.33. The molecule has 3 rings (SSSR count). The number of aryl methyl sites for hydroxylation is 1. The van der Waals surface area contributed by atoms with E-state index in [4.69, 9.17) is 19.1 Å². The Morgan fingerprint density at radius 3 is 2.91 bits per heavy atom. The molecule has 122 valence electrons. The third-order valence-corrected chi connectivity index (χ3v) is 3.94. The number of benzene rings is 1. The first kappa shape index (κ1) is 13.5. The van der Waals surface area contributed by atoms with Crippen LogP contribution in [-0.2, 0) is 4.74 Å². The highest BCUT2D eigenvalue weighted by molar-refractivity contribution is 6.31. The van der Waals surface area contributed by atoms with Crippen LogP contribution in [0.5, 0.6) is 5.75 Å². The lowest BCUT2D eigenvalue weighted by molar-refractivity contribution is 0.00332. The second kappa shape index (κ2) is 6.70. The number of phenols is 1. The molecule has 0 unspecified atom stereocenters. The highest BCUT2D eigenvalue weighted by Gasteiger charge is 2.21. The summed E-state index contributed by atoms with van der Waals surface area (Å²) < 4.78 is 20.0. The summed E-state index contributed by atoms with van der Waals surface area (Å²) in [6.45, 7) is 0.379. The van der Waals surface area contributed by atoms with Gasteiger partial charge < -0.3 is 19.8 Å². The van der Waals surface area contributed by atoms with Crippen molar-refractivity contribution in [2.45, 2.75) is 13.0 Å². The van der Waals surface area contributed by atoms with Crippen LogP contribution in [0.25, 0.3) is 11.3 Å². The Morgan fingerprint density at radius 1 is 1.43 bits per heavy atom. The summed E-state index contributed by atoms with van der Waals surface area (Å²) in [5, 5.41) is 28.4. The molecule has 0 amide bonds. The number of aromatic nitrogens is 2. The number of hydrogen-bond donors (Lipinski definition) is 2. The number of aliphatic hydroxyl groups is 1. The molecule has 1 aliphatic heterocycles. The van der Waals surface area contributed by atoms with Gasteiger partial charge in [-0.2, -0.15) is 0 Å². The topological polar surface area (TPSA) is 78.7 Å². The zero-order chi connectivity index (χ0) is 18.2. The average molecular weight is 338 g/mol. The summed E-state index contributed by atoms with van der Waals surface area (Å²) in [6, 6.07) is 6.67. The van der Waals surface area contributed by atoms with Gasteiger partial charge in [-0.25, -0.2) is 0 Å². The summed E-state index contributed by atoms with van der Waals surface area (Å²) >= 11 is 5.92. The summed E-state index contributed by atoms with van der Waals surface area (Å²) in [5.74, 6) is 0.583. The monoisotopic (exact) mass is 337 g/mol. The molecule has 7 heteroatoms. The number of anilines is 1. The van der Waals surface area contributed by atoms with Crippen LogP contribution in [0.3, 0.4) is 0 Å². The first-order chi connectivity index (χ1) is 11.8. The largest absolute Gasteiger partial charge is 0.507 e. The second-order valence-corrected chi connectivity index (χ2v) is 5.76. The maximum Gasteiger partial charge on any atom is 0.151 e. The molecule has 1 atom stereocenters. The number of aromatic hydroxyl groups is 1. The number of halogens is 1. The Bertz CT molecular complexity index is 745. The van der Waals surface area contributed by atoms with Gasteiger partial charge in [0.15, 0.2) is 5.82 Å². The van der Waals surface area contributed by atoms with Crippen LogP contribution in [0.1, 0.15) is 8.30 Å². The van der Waals surface area contributed by atoms with E-state index < -0.39 is 12.7 Å². The SMILES string of the molecule is [2H]C([2H])(O)[C@@H]1CN(c2ccc(-c3c(C)cc(Cl)cc3O)nn2)CCO1. The van der Waals surface area contributed by atoms with Crippen LogP contribution in [0.15, 0.2) is 24.3 Å². The lowest BCUT2D eigenvalue weighted by Crippen LogP contribution is -2.44. The molecule has 0 spiro atoms. The maximum atomic E-state index is 10.1. The van der Waals surface area contributed by atoms with Crippen molar-refractivity contribution in [1.29, 1.82) is 0 Å². The van der Waals surface area contributed by atoms with Gasteiger partial charge in [-0.15, -0.1) is 10.2 Å². The zero-order valence-electron chi connectivity index (χ0n) is 14.5. The van der Waals surface area contributed by atoms with Crippen molar-refractivity contribution >= 4 is 17.4 Å². The third kappa shape index (κ3) is 3.39. The number of ether oxygens (including phenoxy) is 1. The Labute approximate surface area is 142 Å². The lowest BCUT2D eigenvalue weighted by Gasteiger charge is -2.32. The van der Waals surface area contributed by atoms with Gasteiger partial charge in [0.05, 0.1) is 27.7 Å². The van der Waals surface area contributed by atoms with E-state index in [-0.39, 0.29) is 18.9 Å². The van der Waals surface area contributed by atoms with Crippen LogP contribution in [0, 0.1) is 6.92 Å². The van der Waals surface area contributed by atoms with Crippen LogP contribution in [0.4, 0.5) is 5.82 Å². The number of phenolic OH excluding ortho intramolecular Hbond substituents is 1. The van der Waals surface area contributed by atoms with E-state index in [2.05, 4.69) is 10.2 Å². The number of nitrogens with zero attached hydrogens (tertiary/aromatic N) is 3. The van der Waals surface area contributed by atoms with Crippen molar-refractivity contribution in [2.24, 2.45) is 0 Å². The third-order valence-electron chi connectivity index (χ3n) is 3.72. The molecule has 0 saturated carbocycles. The molecule has 0 bridgehead atoms. The molecule has 2 N–H and O–H groups in total. The zero-order valence-corrected chi connectivity index (χ0v) is 13.3. The van der Waals surface area contributed by atoms with E-state index >= 15 is 0 Å². The fraction of sp³-hybridized carbons (Fsp3) is 0.375. The predicted octanol–water partition coefficient (Wildman–Crippen LogP) is 2.01. The molecule has 1 saturated heterocycles. The van der Waals surface area contributed by atoms with Crippen molar-refractivity contribution < 1.29 is 17.7 Å². The van der Waals surface area contributed by atoms with E-state index in [9.17, 15) is 10.2 Å². The van der Waals surface area contributed by atoms with Gasteiger partial charge in [-0.1, -0.05) is 11.6 Å². The molecular weight excluding hydrogens is 318 g/mol. The Balaban J connectivity index is 1.84. The van der Waals surface area contributed by atoms with E-state index in [1.165, 1.54) is 6.07 Å². The van der Waals surface area contributed by atoms with Crippen molar-refractivity contribution in [3.05, 3.63) is 34.9 Å². The fourth-order valence-electron chi connectivity index (χ4n) is 2.62. The summed E-state index contributed by atoms with van der Waals surface area (Å²) in [5.41, 5.74) is 1.86. The van der Waals surface area contributed by atoms with Crippen molar-refractivity contribution in [2.75, 3.05) is 31.2 Å². The van der Waals surface area contributed by atoms with Crippen molar-refractivity contribution in [3.63, 3.8) is 0 Å². The molecular formula is C16H18ClN3O3. The van der Waals surface area contributed by atoms with E-state index in [0.717, 1.165) is 5.56 Å². The van der Waals surface area contributed by atoms with Gasteiger partial charge in [-0.05, 0) is 36.8 Å². The minimum Gasteiger partial charge on any atom is -0.507 e. The van der Waals surface area contributed by atoms with Gasteiger partial charge in [0, 0.05) is 23.7 Å². The minimum absolute atomic E-state index is 0.0342. The lowest BCUT2D eigenvalue weighted by atomic mass is 10.0. The Morgan fingerprint density at radius 2 is 2.26 bits per heavy atom. The molecule has 6 nitrogen and oxygen atoms in total. The van der Waals surface area contributed by atoms with Crippen molar-refractivity contribution in [3.8, 4) is 17.0 Å². The fourth-order valence-corrected chi connectivity index (χ4v) is 2.89. The molecule has 0 radical (unpaired) electrons.